The molecule has 0 radical (unpaired) electrons. The highest BCUT2D eigenvalue weighted by Crippen LogP contribution is 2.33. The van der Waals surface area contributed by atoms with Gasteiger partial charge in [0.25, 0.3) is 11.5 Å². The van der Waals surface area contributed by atoms with Gasteiger partial charge < -0.3 is 25.1 Å². The van der Waals surface area contributed by atoms with Gasteiger partial charge in [-0.2, -0.15) is 4.98 Å². The average Bonchev–Trinajstić information content (AvgIpc) is 3.28. The Morgan fingerprint density at radius 2 is 1.69 bits per heavy atom. The van der Waals surface area contributed by atoms with Crippen molar-refractivity contribution in [2.24, 2.45) is 11.8 Å². The lowest BCUT2D eigenvalue weighted by Crippen LogP contribution is -2.53. The molecule has 7 rings (SSSR count). The van der Waals surface area contributed by atoms with Crippen molar-refractivity contribution in [3.8, 4) is 0 Å². The largest absolute Gasteiger partial charge is 0.400 e. The highest BCUT2D eigenvalue weighted by Gasteiger charge is 2.36. The van der Waals surface area contributed by atoms with Crippen molar-refractivity contribution in [1.29, 1.82) is 0 Å². The number of nitrogens with zero attached hydrogens (tertiary/aromatic N) is 7. The number of hydrogen-bond donors (Lipinski definition) is 3. The van der Waals surface area contributed by atoms with Crippen molar-refractivity contribution in [3.05, 3.63) is 57.8 Å². The number of aliphatic hydroxyl groups excluding tert-OH is 1. The van der Waals surface area contributed by atoms with Crippen molar-refractivity contribution < 1.29 is 33.5 Å². The number of carbonyl (C=O) groups is 5. The molecule has 4 aliphatic rings. The fourth-order valence-corrected chi connectivity index (χ4v) is 10.4. The van der Waals surface area contributed by atoms with Gasteiger partial charge in [0, 0.05) is 106 Å². The van der Waals surface area contributed by atoms with E-state index in [1.165, 1.54) is 13.1 Å². The first-order valence-electron chi connectivity index (χ1n) is 21.8. The van der Waals surface area contributed by atoms with Gasteiger partial charge in [-0.1, -0.05) is 32.7 Å². The maximum atomic E-state index is 15.6. The number of pyridine rings is 1. The summed E-state index contributed by atoms with van der Waals surface area (Å²) in [5.41, 5.74) is 0.678. The molecule has 4 saturated heterocycles. The number of piperidine rings is 4. The van der Waals surface area contributed by atoms with E-state index in [0.717, 1.165) is 68.7 Å². The molecule has 0 aliphatic carbocycles. The Kier molecular flexibility index (Phi) is 15.7. The summed E-state index contributed by atoms with van der Waals surface area (Å²) < 4.78 is 19.8. The summed E-state index contributed by atoms with van der Waals surface area (Å²) in [7, 11) is 2.40. The second-order valence-electron chi connectivity index (χ2n) is 16.9. The molecule has 336 valence electrons. The van der Waals surface area contributed by atoms with Crippen molar-refractivity contribution in [2.75, 3.05) is 63.6 Å². The monoisotopic (exact) mass is 877 g/mol. The number of halogens is 1. The molecule has 2 unspecified atom stereocenters. The normalized spacial score (nSPS) is 20.1. The fourth-order valence-electron chi connectivity index (χ4n) is 9.17. The van der Waals surface area contributed by atoms with E-state index in [9.17, 15) is 28.8 Å². The minimum absolute atomic E-state index is 0.00621. The standard InChI is InChI=1S/C43H56FN9O6S.CH4O/c1-5-34(26(2)3)53-38(56)9-6-28-24-45-43(48-39(28)53)46-30-12-20-52(21-13-30)60-31-14-18-51(19-15-31)41(58)27-10-16-50(17-11-27)36-22-29(25-54)32(23-33(36)44)42(59)49(4)35-7-8-37(55)47-40(35)57;1-2/h6,9,22-27,30-31,34-35H,5,7-8,10-21H2,1-4H3,(H,45,46,48)(H,47,55,57);2H,1H3. The predicted octanol–water partition coefficient (Wildman–Crippen LogP) is 4.27. The van der Waals surface area contributed by atoms with Crippen LogP contribution in [0.15, 0.2) is 35.3 Å². The first-order valence-corrected chi connectivity index (χ1v) is 22.6. The molecule has 62 heavy (non-hydrogen) atoms. The maximum absolute atomic E-state index is 15.6. The number of likely N-dealkylation sites (N-methyl/N-ethyl adjacent to an activating group) is 1. The molecule has 3 N–H and O–H groups in total. The fraction of sp³-hybridized carbons (Fsp3) is 0.591. The van der Waals surface area contributed by atoms with Crippen LogP contribution in [0.2, 0.25) is 0 Å². The molecule has 1 aromatic carbocycles. The lowest BCUT2D eigenvalue weighted by molar-refractivity contribution is -0.137. The van der Waals surface area contributed by atoms with Crippen LogP contribution < -0.4 is 21.1 Å². The Balaban J connectivity index is 0.00000316. The topological polar surface area (TPSA) is 190 Å². The number of rotatable bonds is 12. The van der Waals surface area contributed by atoms with Crippen LogP contribution >= 0.6 is 11.9 Å². The van der Waals surface area contributed by atoms with E-state index >= 15 is 4.39 Å². The quantitative estimate of drug-likeness (QED) is 0.133. The molecule has 18 heteroatoms. The minimum Gasteiger partial charge on any atom is -0.400 e. The molecule has 2 aromatic heterocycles. The number of imide groups is 1. The van der Waals surface area contributed by atoms with Crippen molar-refractivity contribution in [1.82, 2.24) is 34.0 Å². The summed E-state index contributed by atoms with van der Waals surface area (Å²) in [4.78, 5) is 90.2. The van der Waals surface area contributed by atoms with E-state index < -0.39 is 29.6 Å². The molecule has 0 spiro atoms. The average molecular weight is 878 g/mol. The zero-order chi connectivity index (χ0) is 44.7. The molecule has 4 fully saturated rings. The van der Waals surface area contributed by atoms with Crippen LogP contribution in [0, 0.1) is 17.7 Å². The third-order valence-corrected chi connectivity index (χ3v) is 14.1. The second kappa shape index (κ2) is 21.0. The van der Waals surface area contributed by atoms with Crippen LogP contribution in [0.3, 0.4) is 0 Å². The van der Waals surface area contributed by atoms with E-state index in [1.54, 1.807) is 18.3 Å². The van der Waals surface area contributed by atoms with Gasteiger partial charge in [-0.3, -0.25) is 43.0 Å². The van der Waals surface area contributed by atoms with Crippen LogP contribution in [0.25, 0.3) is 11.0 Å². The van der Waals surface area contributed by atoms with Crippen LogP contribution in [0.5, 0.6) is 0 Å². The Hall–Kier alpha value is -4.94. The van der Waals surface area contributed by atoms with Crippen LogP contribution in [0.4, 0.5) is 16.0 Å². The highest BCUT2D eigenvalue weighted by molar-refractivity contribution is 7.97. The summed E-state index contributed by atoms with van der Waals surface area (Å²) in [6.45, 7) is 10.5. The number of amides is 4. The predicted molar refractivity (Wildman–Crippen MR) is 237 cm³/mol. The van der Waals surface area contributed by atoms with Crippen molar-refractivity contribution in [2.45, 2.75) is 102 Å². The molecule has 6 heterocycles. The molecule has 16 nitrogen and oxygen atoms in total. The van der Waals surface area contributed by atoms with E-state index in [2.05, 4.69) is 40.7 Å². The third kappa shape index (κ3) is 10.5. The Labute approximate surface area is 366 Å². The number of aldehydes is 1. The third-order valence-electron chi connectivity index (χ3n) is 12.7. The Morgan fingerprint density at radius 3 is 2.32 bits per heavy atom. The number of fused-ring (bicyclic) bond motifs is 1. The van der Waals surface area contributed by atoms with Gasteiger partial charge in [0.15, 0.2) is 6.29 Å². The van der Waals surface area contributed by atoms with Crippen molar-refractivity contribution >= 4 is 64.5 Å². The van der Waals surface area contributed by atoms with Gasteiger partial charge in [-0.15, -0.1) is 0 Å². The highest BCUT2D eigenvalue weighted by atomic mass is 32.2. The summed E-state index contributed by atoms with van der Waals surface area (Å²) >= 11 is 1.90. The molecule has 4 aliphatic heterocycles. The minimum atomic E-state index is -0.905. The van der Waals surface area contributed by atoms with Crippen LogP contribution in [0.1, 0.15) is 105 Å². The van der Waals surface area contributed by atoms with Crippen molar-refractivity contribution in [3.63, 3.8) is 0 Å². The van der Waals surface area contributed by atoms with Gasteiger partial charge in [0.2, 0.25) is 23.7 Å². The summed E-state index contributed by atoms with van der Waals surface area (Å²) in [6.07, 6.45) is 8.18. The second-order valence-corrected chi connectivity index (χ2v) is 18.3. The molecule has 0 saturated carbocycles. The zero-order valence-corrected chi connectivity index (χ0v) is 37.2. The molecule has 0 bridgehead atoms. The maximum Gasteiger partial charge on any atom is 0.255 e. The number of hydrogen-bond acceptors (Lipinski definition) is 13. The van der Waals surface area contributed by atoms with Crippen LogP contribution in [-0.4, -0.2) is 134 Å². The number of aromatic nitrogens is 3. The summed E-state index contributed by atoms with van der Waals surface area (Å²) in [5, 5.41) is 14.0. The molecule has 3 aromatic rings. The van der Waals surface area contributed by atoms with Gasteiger partial charge in [0.05, 0.1) is 11.3 Å². The molecular formula is C44H60FN9O7S. The zero-order valence-electron chi connectivity index (χ0n) is 36.3. The SMILES string of the molecule is CCC(C(C)C)n1c(=O)ccc2cnc(NC3CCN(SC4CCN(C(=O)C5CCN(c6cc(C=O)c(C(=O)N(C)C7CCC(=O)NC7=O)cc6F)CC5)CC4)CC3)nc21.CO. The Bertz CT molecular complexity index is 2170. The van der Waals surface area contributed by atoms with Gasteiger partial charge in [0.1, 0.15) is 17.5 Å². The molecular weight excluding hydrogens is 818 g/mol. The number of nitrogens with one attached hydrogen (secondary N) is 2. The number of anilines is 2. The number of carbonyl (C=O) groups excluding carboxylic acids is 5. The lowest BCUT2D eigenvalue weighted by Gasteiger charge is -2.39. The molecule has 2 atom stereocenters. The van der Waals surface area contributed by atoms with E-state index in [0.29, 0.717) is 68.1 Å². The summed E-state index contributed by atoms with van der Waals surface area (Å²) in [6, 6.07) is 5.19. The summed E-state index contributed by atoms with van der Waals surface area (Å²) in [5.74, 6) is -1.56. The first kappa shape index (κ1) is 46.6. The lowest BCUT2D eigenvalue weighted by atomic mass is 9.93. The van der Waals surface area contributed by atoms with Gasteiger partial charge >= 0.3 is 0 Å². The van der Waals surface area contributed by atoms with Gasteiger partial charge in [-0.05, 0) is 75.5 Å². The van der Waals surface area contributed by atoms with Crippen LogP contribution in [-0.2, 0) is 14.4 Å². The Morgan fingerprint density at radius 1 is 1.00 bits per heavy atom. The van der Waals surface area contributed by atoms with Gasteiger partial charge in [-0.25, -0.2) is 9.37 Å². The number of likely N-dealkylation sites (tertiary alicyclic amines) is 1. The van der Waals surface area contributed by atoms with E-state index in [1.807, 2.05) is 26.3 Å². The van der Waals surface area contributed by atoms with E-state index in [-0.39, 0.29) is 59.1 Å². The first-order chi connectivity index (χ1) is 29.8. The molecule has 4 amide bonds. The van der Waals surface area contributed by atoms with E-state index in [4.69, 9.17) is 10.1 Å². The number of aliphatic hydroxyl groups is 1. The number of benzene rings is 1. The smallest absolute Gasteiger partial charge is 0.255 e.